The van der Waals surface area contributed by atoms with E-state index < -0.39 is 5.60 Å². The van der Waals surface area contributed by atoms with Gasteiger partial charge < -0.3 is 14.4 Å². The van der Waals surface area contributed by atoms with Crippen LogP contribution in [0.2, 0.25) is 0 Å². The monoisotopic (exact) mass is 243 g/mol. The third-order valence-corrected chi connectivity index (χ3v) is 2.48. The molecule has 17 heavy (non-hydrogen) atoms. The van der Waals surface area contributed by atoms with Crippen molar-refractivity contribution in [2.45, 2.75) is 52.2 Å². The molecule has 98 valence electrons. The van der Waals surface area contributed by atoms with Crippen LogP contribution in [0.4, 0.5) is 4.79 Å². The van der Waals surface area contributed by atoms with Gasteiger partial charge in [-0.3, -0.25) is 4.79 Å². The molecule has 0 aliphatic carbocycles. The highest BCUT2D eigenvalue weighted by molar-refractivity contribution is 5.69. The summed E-state index contributed by atoms with van der Waals surface area (Å²) in [5.41, 5.74) is -0.494. The maximum atomic E-state index is 11.9. The topological polar surface area (TPSA) is 55.8 Å². The van der Waals surface area contributed by atoms with Crippen LogP contribution in [0.1, 0.15) is 40.5 Å². The van der Waals surface area contributed by atoms with Gasteiger partial charge in [0.25, 0.3) is 0 Å². The van der Waals surface area contributed by atoms with Crippen molar-refractivity contribution in [3.63, 3.8) is 0 Å². The standard InChI is InChI=1S/C12H21NO4/c1-9(14)16-8-10-6-5-7-13(10)11(15)17-12(2,3)4/h10H,5-8H2,1-4H3. The van der Waals surface area contributed by atoms with Gasteiger partial charge in [0, 0.05) is 13.5 Å². The summed E-state index contributed by atoms with van der Waals surface area (Å²) in [4.78, 5) is 24.3. The Labute approximate surface area is 102 Å². The lowest BCUT2D eigenvalue weighted by Gasteiger charge is -2.28. The summed E-state index contributed by atoms with van der Waals surface area (Å²) >= 11 is 0. The minimum Gasteiger partial charge on any atom is -0.464 e. The van der Waals surface area contributed by atoms with Crippen LogP contribution in [0.3, 0.4) is 0 Å². The predicted molar refractivity (Wildman–Crippen MR) is 62.6 cm³/mol. The van der Waals surface area contributed by atoms with E-state index in [2.05, 4.69) is 0 Å². The fraction of sp³-hybridized carbons (Fsp3) is 0.833. The summed E-state index contributed by atoms with van der Waals surface area (Å²) in [5.74, 6) is -0.318. The largest absolute Gasteiger partial charge is 0.464 e. The molecule has 5 heteroatoms. The lowest BCUT2D eigenvalue weighted by Crippen LogP contribution is -2.41. The van der Waals surface area contributed by atoms with Gasteiger partial charge in [-0.1, -0.05) is 0 Å². The quantitative estimate of drug-likeness (QED) is 0.695. The van der Waals surface area contributed by atoms with Gasteiger partial charge in [-0.25, -0.2) is 4.79 Å². The van der Waals surface area contributed by atoms with Gasteiger partial charge in [-0.15, -0.1) is 0 Å². The lowest BCUT2D eigenvalue weighted by atomic mass is 10.2. The van der Waals surface area contributed by atoms with E-state index in [1.54, 1.807) is 4.90 Å². The van der Waals surface area contributed by atoms with Crippen LogP contribution >= 0.6 is 0 Å². The number of carbonyl (C=O) groups excluding carboxylic acids is 2. The molecule has 1 unspecified atom stereocenters. The van der Waals surface area contributed by atoms with Crippen LogP contribution in [-0.4, -0.2) is 41.8 Å². The highest BCUT2D eigenvalue weighted by atomic mass is 16.6. The summed E-state index contributed by atoms with van der Waals surface area (Å²) in [7, 11) is 0. The zero-order valence-corrected chi connectivity index (χ0v) is 11.0. The molecule has 0 saturated carbocycles. The molecule has 5 nitrogen and oxygen atoms in total. The number of carbonyl (C=O) groups is 2. The van der Waals surface area contributed by atoms with Crippen molar-refractivity contribution in [3.8, 4) is 0 Å². The SMILES string of the molecule is CC(=O)OCC1CCCN1C(=O)OC(C)(C)C. The van der Waals surface area contributed by atoms with Crippen LogP contribution in [-0.2, 0) is 14.3 Å². The first-order valence-electron chi connectivity index (χ1n) is 5.92. The van der Waals surface area contributed by atoms with E-state index in [-0.39, 0.29) is 24.7 Å². The molecule has 1 heterocycles. The number of likely N-dealkylation sites (tertiary alicyclic amines) is 1. The Morgan fingerprint density at radius 2 is 2.00 bits per heavy atom. The van der Waals surface area contributed by atoms with Crippen molar-refractivity contribution in [1.29, 1.82) is 0 Å². The van der Waals surface area contributed by atoms with Gasteiger partial charge in [-0.05, 0) is 33.6 Å². The number of hydrogen-bond acceptors (Lipinski definition) is 4. The normalized spacial score (nSPS) is 20.2. The highest BCUT2D eigenvalue weighted by Gasteiger charge is 2.32. The van der Waals surface area contributed by atoms with E-state index in [1.165, 1.54) is 6.92 Å². The number of esters is 1. The zero-order valence-electron chi connectivity index (χ0n) is 11.0. The minimum absolute atomic E-state index is 0.0475. The Hall–Kier alpha value is -1.26. The second kappa shape index (κ2) is 5.38. The first-order chi connectivity index (χ1) is 7.79. The maximum Gasteiger partial charge on any atom is 0.410 e. The highest BCUT2D eigenvalue weighted by Crippen LogP contribution is 2.20. The predicted octanol–water partition coefficient (Wildman–Crippen LogP) is 1.95. The van der Waals surface area contributed by atoms with Crippen LogP contribution in [0.25, 0.3) is 0 Å². The molecule has 0 aromatic rings. The minimum atomic E-state index is -0.494. The number of hydrogen-bond donors (Lipinski definition) is 0. The first kappa shape index (κ1) is 13.8. The van der Waals surface area contributed by atoms with E-state index in [1.807, 2.05) is 20.8 Å². The molecule has 1 aliphatic rings. The van der Waals surface area contributed by atoms with Crippen molar-refractivity contribution in [2.75, 3.05) is 13.2 Å². The number of amides is 1. The molecule has 1 amide bonds. The molecule has 0 spiro atoms. The third kappa shape index (κ3) is 4.63. The fourth-order valence-corrected chi connectivity index (χ4v) is 1.78. The fourth-order valence-electron chi connectivity index (χ4n) is 1.78. The smallest absolute Gasteiger partial charge is 0.410 e. The molecule has 1 atom stereocenters. The van der Waals surface area contributed by atoms with Gasteiger partial charge in [0.1, 0.15) is 12.2 Å². The van der Waals surface area contributed by atoms with Crippen molar-refractivity contribution >= 4 is 12.1 Å². The molecule has 0 aromatic carbocycles. The first-order valence-corrected chi connectivity index (χ1v) is 5.92. The number of nitrogens with zero attached hydrogens (tertiary/aromatic N) is 1. The number of rotatable bonds is 2. The Balaban J connectivity index is 2.51. The van der Waals surface area contributed by atoms with Crippen molar-refractivity contribution < 1.29 is 19.1 Å². The molecule has 0 bridgehead atoms. The van der Waals surface area contributed by atoms with Gasteiger partial charge >= 0.3 is 12.1 Å². The Kier molecular flexibility index (Phi) is 4.37. The van der Waals surface area contributed by atoms with Crippen LogP contribution < -0.4 is 0 Å². The van der Waals surface area contributed by atoms with Crippen LogP contribution in [0.5, 0.6) is 0 Å². The van der Waals surface area contributed by atoms with Gasteiger partial charge in [-0.2, -0.15) is 0 Å². The summed E-state index contributed by atoms with van der Waals surface area (Å²) in [5, 5.41) is 0. The second-order valence-electron chi connectivity index (χ2n) is 5.27. The van der Waals surface area contributed by atoms with Crippen molar-refractivity contribution in [1.82, 2.24) is 4.90 Å². The van der Waals surface area contributed by atoms with Gasteiger partial charge in [0.15, 0.2) is 0 Å². The Morgan fingerprint density at radius 3 is 2.53 bits per heavy atom. The summed E-state index contributed by atoms with van der Waals surface area (Å²) in [6.45, 7) is 7.80. The van der Waals surface area contributed by atoms with Gasteiger partial charge in [0.2, 0.25) is 0 Å². The molecule has 0 N–H and O–H groups in total. The molecule has 1 fully saturated rings. The van der Waals surface area contributed by atoms with Crippen molar-refractivity contribution in [2.24, 2.45) is 0 Å². The molecular weight excluding hydrogens is 222 g/mol. The van der Waals surface area contributed by atoms with E-state index in [9.17, 15) is 9.59 Å². The maximum absolute atomic E-state index is 11.9. The van der Waals surface area contributed by atoms with Crippen LogP contribution in [0.15, 0.2) is 0 Å². The zero-order chi connectivity index (χ0) is 13.1. The second-order valence-corrected chi connectivity index (χ2v) is 5.27. The van der Waals surface area contributed by atoms with Gasteiger partial charge in [0.05, 0.1) is 6.04 Å². The molecule has 0 radical (unpaired) electrons. The summed E-state index contributed by atoms with van der Waals surface area (Å²) in [6.07, 6.45) is 1.45. The van der Waals surface area contributed by atoms with E-state index >= 15 is 0 Å². The van der Waals surface area contributed by atoms with Crippen LogP contribution in [0, 0.1) is 0 Å². The molecule has 0 aromatic heterocycles. The Morgan fingerprint density at radius 1 is 1.35 bits per heavy atom. The van der Waals surface area contributed by atoms with E-state index in [4.69, 9.17) is 9.47 Å². The van der Waals surface area contributed by atoms with E-state index in [0.29, 0.717) is 6.54 Å². The lowest BCUT2D eigenvalue weighted by molar-refractivity contribution is -0.142. The Bertz CT molecular complexity index is 295. The van der Waals surface area contributed by atoms with E-state index in [0.717, 1.165) is 12.8 Å². The summed E-state index contributed by atoms with van der Waals surface area (Å²) < 4.78 is 10.3. The van der Waals surface area contributed by atoms with Crippen molar-refractivity contribution in [3.05, 3.63) is 0 Å². The molecule has 1 rings (SSSR count). The third-order valence-electron chi connectivity index (χ3n) is 2.48. The number of ether oxygens (including phenoxy) is 2. The average Bonchev–Trinajstić information content (AvgIpc) is 2.59. The molecular formula is C12H21NO4. The average molecular weight is 243 g/mol. The summed E-state index contributed by atoms with van der Waals surface area (Å²) in [6, 6.07) is -0.0475. The molecule has 1 saturated heterocycles. The molecule has 1 aliphatic heterocycles.